The molecule has 0 atom stereocenters. The molecule has 0 unspecified atom stereocenters. The zero-order chi connectivity index (χ0) is 15.0. The van der Waals surface area contributed by atoms with Crippen molar-refractivity contribution in [3.05, 3.63) is 36.3 Å². The number of fused-ring (bicyclic) bond motifs is 1. The highest BCUT2D eigenvalue weighted by Crippen LogP contribution is 2.36. The van der Waals surface area contributed by atoms with Crippen LogP contribution in [0.1, 0.15) is 33.3 Å². The molecule has 0 saturated carbocycles. The fourth-order valence-corrected chi connectivity index (χ4v) is 2.85. The van der Waals surface area contributed by atoms with Crippen molar-refractivity contribution < 1.29 is 0 Å². The van der Waals surface area contributed by atoms with E-state index in [-0.39, 0.29) is 5.41 Å². The van der Waals surface area contributed by atoms with Gasteiger partial charge in [0.1, 0.15) is 0 Å². The second-order valence-electron chi connectivity index (χ2n) is 7.07. The zero-order valence-corrected chi connectivity index (χ0v) is 13.5. The summed E-state index contributed by atoms with van der Waals surface area (Å²) in [5.41, 5.74) is 5.46. The van der Waals surface area contributed by atoms with Gasteiger partial charge >= 0.3 is 0 Å². The van der Waals surface area contributed by atoms with Gasteiger partial charge in [0.25, 0.3) is 0 Å². The lowest BCUT2D eigenvalue weighted by atomic mass is 9.81. The summed E-state index contributed by atoms with van der Waals surface area (Å²) < 4.78 is 2.30. The number of nitrogens with zero attached hydrogens (tertiary/aromatic N) is 2. The number of hydrogen-bond acceptors (Lipinski definition) is 2. The molecule has 3 heteroatoms. The van der Waals surface area contributed by atoms with Gasteiger partial charge in [-0.1, -0.05) is 45.9 Å². The van der Waals surface area contributed by atoms with Gasteiger partial charge in [0.15, 0.2) is 0 Å². The van der Waals surface area contributed by atoms with Crippen molar-refractivity contribution in [2.45, 2.75) is 40.7 Å². The third-order valence-electron chi connectivity index (χ3n) is 4.98. The molecule has 0 aliphatic carbocycles. The lowest BCUT2D eigenvalue weighted by Crippen LogP contribution is -2.25. The molecule has 0 saturated heterocycles. The molecule has 0 amide bonds. The molecule has 1 aromatic heterocycles. The topological polar surface area (TPSA) is 29.9 Å². The summed E-state index contributed by atoms with van der Waals surface area (Å²) in [6, 6.07) is 6.58. The Morgan fingerprint density at radius 3 is 2.90 bits per heavy atom. The second kappa shape index (κ2) is 5.21. The quantitative estimate of drug-likeness (QED) is 0.911. The predicted octanol–water partition coefficient (Wildman–Crippen LogP) is 4.20. The van der Waals surface area contributed by atoms with Crippen molar-refractivity contribution in [1.82, 2.24) is 9.55 Å². The molecule has 0 radical (unpaired) electrons. The van der Waals surface area contributed by atoms with Gasteiger partial charge in [-0.05, 0) is 23.3 Å². The van der Waals surface area contributed by atoms with E-state index in [4.69, 9.17) is 0 Å². The summed E-state index contributed by atoms with van der Waals surface area (Å²) in [6.07, 6.45) is 5.08. The van der Waals surface area contributed by atoms with Crippen LogP contribution < -0.4 is 5.32 Å². The van der Waals surface area contributed by atoms with Crippen LogP contribution in [0.25, 0.3) is 11.3 Å². The lowest BCUT2D eigenvalue weighted by Gasteiger charge is -2.30. The molecule has 0 fully saturated rings. The number of para-hydroxylation sites is 1. The van der Waals surface area contributed by atoms with Gasteiger partial charge < -0.3 is 9.88 Å². The third-order valence-corrected chi connectivity index (χ3v) is 4.98. The lowest BCUT2D eigenvalue weighted by molar-refractivity contribution is 0.211. The van der Waals surface area contributed by atoms with E-state index < -0.39 is 0 Å². The highest BCUT2D eigenvalue weighted by molar-refractivity contribution is 5.79. The molecule has 112 valence electrons. The van der Waals surface area contributed by atoms with Gasteiger partial charge in [-0.25, -0.2) is 4.98 Å². The van der Waals surface area contributed by atoms with Crippen LogP contribution in [0.4, 0.5) is 5.69 Å². The maximum atomic E-state index is 4.40. The van der Waals surface area contributed by atoms with Crippen molar-refractivity contribution in [2.24, 2.45) is 11.3 Å². The van der Waals surface area contributed by atoms with Crippen molar-refractivity contribution in [2.75, 3.05) is 11.9 Å². The highest BCUT2D eigenvalue weighted by Gasteiger charge is 2.25. The molecule has 0 spiro atoms. The minimum Gasteiger partial charge on any atom is -0.384 e. The van der Waals surface area contributed by atoms with E-state index in [1.54, 1.807) is 0 Å². The van der Waals surface area contributed by atoms with Crippen molar-refractivity contribution in [3.63, 3.8) is 0 Å². The second-order valence-corrected chi connectivity index (χ2v) is 7.07. The van der Waals surface area contributed by atoms with Crippen LogP contribution in [-0.4, -0.2) is 16.1 Å². The molecule has 2 aromatic rings. The number of benzene rings is 1. The first-order valence-electron chi connectivity index (χ1n) is 7.85. The average molecular weight is 283 g/mol. The number of anilines is 1. The molecule has 3 rings (SSSR count). The summed E-state index contributed by atoms with van der Waals surface area (Å²) in [7, 11) is 0. The number of rotatable bonds is 4. The van der Waals surface area contributed by atoms with E-state index in [2.05, 4.69) is 60.8 Å². The third kappa shape index (κ3) is 2.57. The Hall–Kier alpha value is -1.77. The Balaban J connectivity index is 1.99. The van der Waals surface area contributed by atoms with Gasteiger partial charge in [-0.2, -0.15) is 0 Å². The monoisotopic (exact) mass is 283 g/mol. The van der Waals surface area contributed by atoms with E-state index in [0.29, 0.717) is 5.92 Å². The van der Waals surface area contributed by atoms with Crippen LogP contribution >= 0.6 is 0 Å². The first kappa shape index (κ1) is 14.2. The normalized spacial score (nSPS) is 14.3. The first-order chi connectivity index (χ1) is 9.99. The molecule has 0 bridgehead atoms. The molecule has 1 aliphatic rings. The Morgan fingerprint density at radius 1 is 1.33 bits per heavy atom. The van der Waals surface area contributed by atoms with Crippen LogP contribution in [0.15, 0.2) is 30.7 Å². The maximum absolute atomic E-state index is 4.40. The highest BCUT2D eigenvalue weighted by atomic mass is 15.1. The van der Waals surface area contributed by atoms with Gasteiger partial charge in [0.05, 0.1) is 18.2 Å². The van der Waals surface area contributed by atoms with Gasteiger partial charge in [-0.3, -0.25) is 0 Å². The van der Waals surface area contributed by atoms with Gasteiger partial charge in [0.2, 0.25) is 0 Å². The maximum Gasteiger partial charge on any atom is 0.0951 e. The number of hydrogen-bond donors (Lipinski definition) is 1. The Morgan fingerprint density at radius 2 is 2.14 bits per heavy atom. The number of imidazole rings is 1. The summed E-state index contributed by atoms with van der Waals surface area (Å²) in [6.45, 7) is 11.3. The fraction of sp³-hybridized carbons (Fsp3) is 0.500. The molecule has 21 heavy (non-hydrogen) atoms. The summed E-state index contributed by atoms with van der Waals surface area (Å²) >= 11 is 0. The van der Waals surface area contributed by atoms with Crippen molar-refractivity contribution in [3.8, 4) is 11.3 Å². The minimum atomic E-state index is 0.251. The molecule has 2 heterocycles. The van der Waals surface area contributed by atoms with Crippen LogP contribution in [0.5, 0.6) is 0 Å². The molecule has 1 aliphatic heterocycles. The molecular formula is C18H25N3. The predicted molar refractivity (Wildman–Crippen MR) is 88.5 cm³/mol. The van der Waals surface area contributed by atoms with Crippen LogP contribution in [0.2, 0.25) is 0 Å². The largest absolute Gasteiger partial charge is 0.384 e. The van der Waals surface area contributed by atoms with E-state index >= 15 is 0 Å². The van der Waals surface area contributed by atoms with E-state index in [9.17, 15) is 0 Å². The van der Waals surface area contributed by atoms with Crippen LogP contribution in [0.3, 0.4) is 0 Å². The summed E-state index contributed by atoms with van der Waals surface area (Å²) in [5, 5.41) is 3.53. The standard InChI is InChI=1S/C18H25N3/c1-13(2)18(3,4)11-21-12-19-10-16(21)15-7-5-6-14-8-9-20-17(14)15/h5-7,10,12-13,20H,8-9,11H2,1-4H3. The first-order valence-corrected chi connectivity index (χ1v) is 7.85. The molecule has 1 N–H and O–H groups in total. The fourth-order valence-electron chi connectivity index (χ4n) is 2.85. The zero-order valence-electron chi connectivity index (χ0n) is 13.5. The van der Waals surface area contributed by atoms with Gasteiger partial charge in [-0.15, -0.1) is 0 Å². The van der Waals surface area contributed by atoms with Crippen LogP contribution in [-0.2, 0) is 13.0 Å². The summed E-state index contributed by atoms with van der Waals surface area (Å²) in [4.78, 5) is 4.40. The average Bonchev–Trinajstić information content (AvgIpc) is 3.06. The SMILES string of the molecule is CC(C)C(C)(C)Cn1cncc1-c1cccc2c1NCC2. The Bertz CT molecular complexity index is 638. The van der Waals surface area contributed by atoms with Crippen LogP contribution in [0, 0.1) is 11.3 Å². The Labute approximate surface area is 127 Å². The number of nitrogens with one attached hydrogen (secondary N) is 1. The molecule has 3 nitrogen and oxygen atoms in total. The minimum absolute atomic E-state index is 0.251. The van der Waals surface area contributed by atoms with E-state index in [0.717, 1.165) is 19.5 Å². The van der Waals surface area contributed by atoms with Crippen molar-refractivity contribution >= 4 is 5.69 Å². The molecular weight excluding hydrogens is 258 g/mol. The van der Waals surface area contributed by atoms with E-state index in [1.807, 2.05) is 12.5 Å². The van der Waals surface area contributed by atoms with Crippen molar-refractivity contribution in [1.29, 1.82) is 0 Å². The van der Waals surface area contributed by atoms with Gasteiger partial charge in [0, 0.05) is 24.3 Å². The van der Waals surface area contributed by atoms with E-state index in [1.165, 1.54) is 22.5 Å². The summed E-state index contributed by atoms with van der Waals surface area (Å²) in [5.74, 6) is 0.632. The smallest absolute Gasteiger partial charge is 0.0951 e. The molecule has 1 aromatic carbocycles. The Kier molecular flexibility index (Phi) is 3.52. The number of aromatic nitrogens is 2.